The Morgan fingerprint density at radius 2 is 2.00 bits per heavy atom. The fourth-order valence-electron chi connectivity index (χ4n) is 1.32. The van der Waals surface area contributed by atoms with Crippen molar-refractivity contribution in [3.8, 4) is 11.8 Å². The Kier molecular flexibility index (Phi) is 5.62. The van der Waals surface area contributed by atoms with Crippen molar-refractivity contribution >= 4 is 12.0 Å². The van der Waals surface area contributed by atoms with Gasteiger partial charge >= 0.3 is 5.97 Å². The number of hydrogen-bond acceptors (Lipinski definition) is 4. The molecule has 0 saturated heterocycles. The number of ether oxygens (including phenoxy) is 2. The largest absolute Gasteiger partial charge is 0.497 e. The van der Waals surface area contributed by atoms with Crippen LogP contribution in [0.3, 0.4) is 0 Å². The van der Waals surface area contributed by atoms with Crippen LogP contribution in [0.25, 0.3) is 6.08 Å². The maximum atomic E-state index is 11.7. The van der Waals surface area contributed by atoms with E-state index >= 15 is 0 Å². The molecule has 0 amide bonds. The topological polar surface area (TPSA) is 59.3 Å². The van der Waals surface area contributed by atoms with Crippen LogP contribution in [0.15, 0.2) is 29.8 Å². The molecule has 0 atom stereocenters. The van der Waals surface area contributed by atoms with Crippen molar-refractivity contribution in [3.05, 3.63) is 35.4 Å². The number of hydrogen-bond donors (Lipinski definition) is 0. The van der Waals surface area contributed by atoms with Crippen molar-refractivity contribution in [2.45, 2.75) is 13.8 Å². The summed E-state index contributed by atoms with van der Waals surface area (Å²) in [6.07, 6.45) is 1.50. The van der Waals surface area contributed by atoms with Crippen LogP contribution in [-0.2, 0) is 9.53 Å². The van der Waals surface area contributed by atoms with E-state index in [0.29, 0.717) is 6.61 Å². The van der Waals surface area contributed by atoms with Crippen molar-refractivity contribution in [3.63, 3.8) is 0 Å². The second-order valence-electron chi connectivity index (χ2n) is 4.44. The molecule has 1 rings (SSSR count). The average Bonchev–Trinajstić information content (AvgIpc) is 2.42. The van der Waals surface area contributed by atoms with Crippen LogP contribution < -0.4 is 4.74 Å². The van der Waals surface area contributed by atoms with E-state index in [1.54, 1.807) is 31.4 Å². The minimum absolute atomic E-state index is 0.00850. The lowest BCUT2D eigenvalue weighted by Gasteiger charge is -2.06. The van der Waals surface area contributed by atoms with Crippen LogP contribution in [0, 0.1) is 17.2 Å². The zero-order valence-corrected chi connectivity index (χ0v) is 11.3. The molecule has 100 valence electrons. The van der Waals surface area contributed by atoms with E-state index in [-0.39, 0.29) is 11.5 Å². The number of methoxy groups -OCH3 is 1. The number of nitriles is 1. The molecule has 0 unspecified atom stereocenters. The summed E-state index contributed by atoms with van der Waals surface area (Å²) in [6, 6.07) is 8.93. The molecule has 0 aliphatic heterocycles. The zero-order valence-electron chi connectivity index (χ0n) is 11.3. The number of rotatable bonds is 5. The molecule has 0 aliphatic carbocycles. The molecule has 0 radical (unpaired) electrons. The van der Waals surface area contributed by atoms with Gasteiger partial charge in [-0.25, -0.2) is 4.79 Å². The Hall–Kier alpha value is -2.28. The van der Waals surface area contributed by atoms with Gasteiger partial charge in [0.25, 0.3) is 0 Å². The smallest absolute Gasteiger partial charge is 0.348 e. The first-order valence-corrected chi connectivity index (χ1v) is 5.99. The SMILES string of the molecule is COc1ccc(C=C(C#N)C(=O)OCC(C)C)cc1. The van der Waals surface area contributed by atoms with Gasteiger partial charge in [0.05, 0.1) is 13.7 Å². The standard InChI is InChI=1S/C15H17NO3/c1-11(2)10-19-15(17)13(9-16)8-12-4-6-14(18-3)7-5-12/h4-8,11H,10H2,1-3H3. The lowest BCUT2D eigenvalue weighted by atomic mass is 10.1. The number of esters is 1. The minimum Gasteiger partial charge on any atom is -0.497 e. The number of carbonyl (C=O) groups excluding carboxylic acids is 1. The molecule has 0 bridgehead atoms. The van der Waals surface area contributed by atoms with E-state index < -0.39 is 5.97 Å². The maximum absolute atomic E-state index is 11.7. The fraction of sp³-hybridized carbons (Fsp3) is 0.333. The van der Waals surface area contributed by atoms with Gasteiger partial charge in [0, 0.05) is 0 Å². The summed E-state index contributed by atoms with van der Waals surface area (Å²) in [4.78, 5) is 11.7. The zero-order chi connectivity index (χ0) is 14.3. The summed E-state index contributed by atoms with van der Waals surface area (Å²) >= 11 is 0. The molecule has 0 aromatic heterocycles. The minimum atomic E-state index is -0.591. The first kappa shape index (κ1) is 14.8. The molecule has 19 heavy (non-hydrogen) atoms. The van der Waals surface area contributed by atoms with Crippen molar-refractivity contribution in [1.29, 1.82) is 5.26 Å². The molecule has 0 heterocycles. The summed E-state index contributed by atoms with van der Waals surface area (Å²) in [6.45, 7) is 4.18. The van der Waals surface area contributed by atoms with Crippen LogP contribution in [0.4, 0.5) is 0 Å². The summed E-state index contributed by atoms with van der Waals surface area (Å²) in [5.41, 5.74) is 0.740. The third-order valence-electron chi connectivity index (χ3n) is 2.31. The van der Waals surface area contributed by atoms with Crippen LogP contribution in [0.2, 0.25) is 0 Å². The highest BCUT2D eigenvalue weighted by Gasteiger charge is 2.11. The molecule has 4 heteroatoms. The molecule has 1 aromatic rings. The Bertz CT molecular complexity index is 495. The normalized spacial score (nSPS) is 11.0. The van der Waals surface area contributed by atoms with Crippen molar-refractivity contribution in [1.82, 2.24) is 0 Å². The van der Waals surface area contributed by atoms with Crippen molar-refractivity contribution in [2.75, 3.05) is 13.7 Å². The third kappa shape index (κ3) is 4.84. The van der Waals surface area contributed by atoms with Crippen LogP contribution in [-0.4, -0.2) is 19.7 Å². The summed E-state index contributed by atoms with van der Waals surface area (Å²) in [5.74, 6) is 0.370. The van der Waals surface area contributed by atoms with Gasteiger partial charge in [0.15, 0.2) is 0 Å². The Balaban J connectivity index is 2.80. The van der Waals surface area contributed by atoms with E-state index in [9.17, 15) is 4.79 Å². The number of benzene rings is 1. The van der Waals surface area contributed by atoms with Gasteiger partial charge < -0.3 is 9.47 Å². The monoisotopic (exact) mass is 259 g/mol. The first-order valence-electron chi connectivity index (χ1n) is 5.99. The molecule has 0 fully saturated rings. The van der Waals surface area contributed by atoms with E-state index in [0.717, 1.165) is 11.3 Å². The molecular weight excluding hydrogens is 242 g/mol. The molecule has 0 N–H and O–H groups in total. The van der Waals surface area contributed by atoms with Gasteiger partial charge in [-0.3, -0.25) is 0 Å². The molecule has 0 saturated carbocycles. The van der Waals surface area contributed by atoms with Crippen LogP contribution in [0.1, 0.15) is 19.4 Å². The van der Waals surface area contributed by atoms with E-state index in [1.165, 1.54) is 6.08 Å². The molecule has 1 aromatic carbocycles. The quantitative estimate of drug-likeness (QED) is 0.463. The Labute approximate surface area is 113 Å². The lowest BCUT2D eigenvalue weighted by molar-refractivity contribution is -0.139. The van der Waals surface area contributed by atoms with E-state index in [2.05, 4.69) is 0 Å². The van der Waals surface area contributed by atoms with Crippen molar-refractivity contribution < 1.29 is 14.3 Å². The first-order chi connectivity index (χ1) is 9.06. The highest BCUT2D eigenvalue weighted by Crippen LogP contribution is 2.14. The van der Waals surface area contributed by atoms with Gasteiger partial charge in [-0.2, -0.15) is 5.26 Å². The van der Waals surface area contributed by atoms with E-state index in [4.69, 9.17) is 14.7 Å². The number of nitrogens with zero attached hydrogens (tertiary/aromatic N) is 1. The fourth-order valence-corrected chi connectivity index (χ4v) is 1.32. The van der Waals surface area contributed by atoms with Crippen molar-refractivity contribution in [2.24, 2.45) is 5.92 Å². The lowest BCUT2D eigenvalue weighted by Crippen LogP contribution is -2.11. The van der Waals surface area contributed by atoms with Gasteiger partial charge in [0.1, 0.15) is 17.4 Å². The highest BCUT2D eigenvalue weighted by atomic mass is 16.5. The summed E-state index contributed by atoms with van der Waals surface area (Å²) in [7, 11) is 1.58. The number of carbonyl (C=O) groups is 1. The average molecular weight is 259 g/mol. The Morgan fingerprint density at radius 1 is 1.37 bits per heavy atom. The van der Waals surface area contributed by atoms with Crippen LogP contribution in [0.5, 0.6) is 5.75 Å². The summed E-state index contributed by atoms with van der Waals surface area (Å²) in [5, 5.41) is 8.98. The van der Waals surface area contributed by atoms with Gasteiger partial charge in [-0.15, -0.1) is 0 Å². The summed E-state index contributed by atoms with van der Waals surface area (Å²) < 4.78 is 10.1. The second-order valence-corrected chi connectivity index (χ2v) is 4.44. The highest BCUT2D eigenvalue weighted by molar-refractivity contribution is 5.97. The predicted molar refractivity (Wildman–Crippen MR) is 72.4 cm³/mol. The van der Waals surface area contributed by atoms with Crippen LogP contribution >= 0.6 is 0 Å². The molecule has 0 spiro atoms. The molecule has 4 nitrogen and oxygen atoms in total. The van der Waals surface area contributed by atoms with E-state index in [1.807, 2.05) is 19.9 Å². The molecular formula is C15H17NO3. The van der Waals surface area contributed by atoms with Gasteiger partial charge in [-0.1, -0.05) is 26.0 Å². The predicted octanol–water partition coefficient (Wildman–Crippen LogP) is 2.80. The second kappa shape index (κ2) is 7.22. The molecule has 0 aliphatic rings. The maximum Gasteiger partial charge on any atom is 0.348 e. The van der Waals surface area contributed by atoms with Gasteiger partial charge in [-0.05, 0) is 29.7 Å². The third-order valence-corrected chi connectivity index (χ3v) is 2.31. The Morgan fingerprint density at radius 3 is 2.47 bits per heavy atom. The van der Waals surface area contributed by atoms with Gasteiger partial charge in [0.2, 0.25) is 0 Å².